The van der Waals surface area contributed by atoms with Crippen molar-refractivity contribution in [2.75, 3.05) is 20.3 Å². The maximum absolute atomic E-state index is 12.2. The quantitative estimate of drug-likeness (QED) is 0.245. The van der Waals surface area contributed by atoms with Crippen LogP contribution in [-0.4, -0.2) is 37.3 Å². The van der Waals surface area contributed by atoms with E-state index >= 15 is 0 Å². The summed E-state index contributed by atoms with van der Waals surface area (Å²) >= 11 is 7.09. The normalized spacial score (nSPS) is 10.0. The zero-order valence-corrected chi connectivity index (χ0v) is 17.4. The lowest BCUT2D eigenvalue weighted by atomic mass is 10.2. The molecule has 0 aliphatic rings. The van der Waals surface area contributed by atoms with Crippen molar-refractivity contribution in [3.8, 4) is 5.75 Å². The average Bonchev–Trinajstić information content (AvgIpc) is 2.67. The van der Waals surface area contributed by atoms with E-state index < -0.39 is 5.91 Å². The van der Waals surface area contributed by atoms with Crippen LogP contribution in [0.1, 0.15) is 20.7 Å². The molecule has 0 spiro atoms. The number of hydrogen-bond acceptors (Lipinski definition) is 5. The third-order valence-corrected chi connectivity index (χ3v) is 4.45. The standard InChI is InChI=1S/C18H18IN3O4S/c1-25-10-11-26-13-8-6-12(7-9-13)16(23)20-18(27)22-21-17(24)14-4-2-3-5-15(14)19/h2-9H,10-11H2,1H3,(H,21,24)(H2,20,22,23,27). The van der Waals surface area contributed by atoms with E-state index in [1.807, 2.05) is 12.1 Å². The number of halogens is 1. The van der Waals surface area contributed by atoms with Gasteiger partial charge >= 0.3 is 0 Å². The van der Waals surface area contributed by atoms with Crippen molar-refractivity contribution in [3.63, 3.8) is 0 Å². The van der Waals surface area contributed by atoms with Gasteiger partial charge in [-0.05, 0) is 71.2 Å². The Morgan fingerprint density at radius 2 is 1.70 bits per heavy atom. The minimum Gasteiger partial charge on any atom is -0.491 e. The maximum Gasteiger partial charge on any atom is 0.270 e. The van der Waals surface area contributed by atoms with E-state index in [2.05, 4.69) is 38.8 Å². The number of thiocarbonyl (C=S) groups is 1. The third kappa shape index (κ3) is 6.77. The highest BCUT2D eigenvalue weighted by molar-refractivity contribution is 14.1. The Labute approximate surface area is 175 Å². The molecule has 0 saturated heterocycles. The molecule has 9 heteroatoms. The third-order valence-electron chi connectivity index (χ3n) is 3.31. The van der Waals surface area contributed by atoms with Crippen LogP contribution in [0.3, 0.4) is 0 Å². The zero-order valence-electron chi connectivity index (χ0n) is 14.5. The molecule has 2 aromatic carbocycles. The number of benzene rings is 2. The first-order valence-electron chi connectivity index (χ1n) is 7.89. The molecule has 0 radical (unpaired) electrons. The highest BCUT2D eigenvalue weighted by atomic mass is 127. The fraction of sp³-hybridized carbons (Fsp3) is 0.167. The topological polar surface area (TPSA) is 88.7 Å². The van der Waals surface area contributed by atoms with E-state index in [9.17, 15) is 9.59 Å². The van der Waals surface area contributed by atoms with Crippen molar-refractivity contribution in [2.24, 2.45) is 0 Å². The minimum absolute atomic E-state index is 0.0142. The molecule has 0 atom stereocenters. The summed E-state index contributed by atoms with van der Waals surface area (Å²) in [5.74, 6) is -0.123. The van der Waals surface area contributed by atoms with Gasteiger partial charge in [-0.25, -0.2) is 0 Å². The summed E-state index contributed by atoms with van der Waals surface area (Å²) in [7, 11) is 1.59. The average molecular weight is 499 g/mol. The van der Waals surface area contributed by atoms with Crippen LogP contribution in [0.25, 0.3) is 0 Å². The SMILES string of the molecule is COCCOc1ccc(C(=O)NC(=S)NNC(=O)c2ccccc2I)cc1. The van der Waals surface area contributed by atoms with Gasteiger partial charge in [0.15, 0.2) is 5.11 Å². The first-order chi connectivity index (χ1) is 13.0. The van der Waals surface area contributed by atoms with E-state index in [1.165, 1.54) is 0 Å². The number of nitrogens with one attached hydrogen (secondary N) is 3. The molecule has 142 valence electrons. The van der Waals surface area contributed by atoms with Gasteiger partial charge in [0.2, 0.25) is 0 Å². The summed E-state index contributed by atoms with van der Waals surface area (Å²) in [5.41, 5.74) is 5.87. The largest absolute Gasteiger partial charge is 0.491 e. The second-order valence-corrected chi connectivity index (χ2v) is 6.78. The van der Waals surface area contributed by atoms with Crippen LogP contribution < -0.4 is 20.9 Å². The Morgan fingerprint density at radius 3 is 2.37 bits per heavy atom. The molecular weight excluding hydrogens is 481 g/mol. The molecule has 27 heavy (non-hydrogen) atoms. The van der Waals surface area contributed by atoms with Gasteiger partial charge < -0.3 is 9.47 Å². The molecule has 3 N–H and O–H groups in total. The molecule has 0 aliphatic carbocycles. The first-order valence-corrected chi connectivity index (χ1v) is 9.38. The number of amides is 2. The van der Waals surface area contributed by atoms with Crippen LogP contribution in [0.2, 0.25) is 0 Å². The summed E-state index contributed by atoms with van der Waals surface area (Å²) in [4.78, 5) is 24.3. The fourth-order valence-corrected chi connectivity index (χ4v) is 2.75. The van der Waals surface area contributed by atoms with Crippen molar-refractivity contribution in [1.29, 1.82) is 0 Å². The van der Waals surface area contributed by atoms with E-state index in [0.29, 0.717) is 30.1 Å². The van der Waals surface area contributed by atoms with E-state index in [1.54, 1.807) is 43.5 Å². The molecule has 7 nitrogen and oxygen atoms in total. The van der Waals surface area contributed by atoms with Crippen LogP contribution in [0, 0.1) is 3.57 Å². The van der Waals surface area contributed by atoms with Crippen molar-refractivity contribution in [3.05, 3.63) is 63.2 Å². The van der Waals surface area contributed by atoms with Gasteiger partial charge in [-0.3, -0.25) is 25.8 Å². The number of ether oxygens (including phenoxy) is 2. The van der Waals surface area contributed by atoms with Crippen LogP contribution in [0.4, 0.5) is 0 Å². The molecule has 2 amide bonds. The van der Waals surface area contributed by atoms with Crippen molar-refractivity contribution in [2.45, 2.75) is 0 Å². The van der Waals surface area contributed by atoms with Crippen molar-refractivity contribution < 1.29 is 19.1 Å². The lowest BCUT2D eigenvalue weighted by Crippen LogP contribution is -2.48. The molecule has 0 unspecified atom stereocenters. The van der Waals surface area contributed by atoms with Crippen LogP contribution in [-0.2, 0) is 4.74 Å². The summed E-state index contributed by atoms with van der Waals surface area (Å²) < 4.78 is 11.1. The van der Waals surface area contributed by atoms with Crippen LogP contribution in [0.5, 0.6) is 5.75 Å². The monoisotopic (exact) mass is 499 g/mol. The van der Waals surface area contributed by atoms with Gasteiger partial charge in [0.25, 0.3) is 11.8 Å². The molecule has 2 rings (SSSR count). The predicted octanol–water partition coefficient (Wildman–Crippen LogP) is 2.27. The van der Waals surface area contributed by atoms with Crippen molar-refractivity contribution in [1.82, 2.24) is 16.2 Å². The Morgan fingerprint density at radius 1 is 1.00 bits per heavy atom. The Kier molecular flexibility index (Phi) is 8.43. The van der Waals surface area contributed by atoms with E-state index in [-0.39, 0.29) is 11.0 Å². The molecular formula is C18H18IN3O4S. The second kappa shape index (κ2) is 10.8. The van der Waals surface area contributed by atoms with E-state index in [4.69, 9.17) is 21.7 Å². The minimum atomic E-state index is -0.403. The predicted molar refractivity (Wildman–Crippen MR) is 114 cm³/mol. The van der Waals surface area contributed by atoms with Crippen LogP contribution >= 0.6 is 34.8 Å². The van der Waals surface area contributed by atoms with Crippen LogP contribution in [0.15, 0.2) is 48.5 Å². The van der Waals surface area contributed by atoms with Crippen molar-refractivity contribution >= 4 is 51.7 Å². The molecule has 0 aliphatic heterocycles. The highest BCUT2D eigenvalue weighted by Gasteiger charge is 2.11. The highest BCUT2D eigenvalue weighted by Crippen LogP contribution is 2.12. The van der Waals surface area contributed by atoms with Gasteiger partial charge in [-0.1, -0.05) is 12.1 Å². The fourth-order valence-electron chi connectivity index (χ4n) is 1.98. The summed E-state index contributed by atoms with van der Waals surface area (Å²) in [5, 5.41) is 2.48. The number of hydrogen-bond donors (Lipinski definition) is 3. The number of hydrazine groups is 1. The Balaban J connectivity index is 1.82. The van der Waals surface area contributed by atoms with Gasteiger partial charge in [0, 0.05) is 16.2 Å². The number of carbonyl (C=O) groups excluding carboxylic acids is 2. The molecule has 0 fully saturated rings. The molecule has 0 bridgehead atoms. The second-order valence-electron chi connectivity index (χ2n) is 5.21. The van der Waals surface area contributed by atoms with Gasteiger partial charge in [0.1, 0.15) is 12.4 Å². The number of methoxy groups -OCH3 is 1. The summed E-state index contributed by atoms with van der Waals surface area (Å²) in [6, 6.07) is 13.7. The summed E-state index contributed by atoms with van der Waals surface area (Å²) in [6.45, 7) is 0.909. The first kappa shape index (κ1) is 21.1. The Hall–Kier alpha value is -2.24. The number of rotatable bonds is 6. The lowest BCUT2D eigenvalue weighted by molar-refractivity contribution is 0.0934. The zero-order chi connectivity index (χ0) is 19.6. The number of carbonyl (C=O) groups is 2. The Bertz CT molecular complexity index is 815. The molecule has 0 saturated carbocycles. The lowest BCUT2D eigenvalue weighted by Gasteiger charge is -2.12. The maximum atomic E-state index is 12.2. The van der Waals surface area contributed by atoms with Gasteiger partial charge in [-0.2, -0.15) is 0 Å². The molecule has 0 aromatic heterocycles. The van der Waals surface area contributed by atoms with Gasteiger partial charge in [0.05, 0.1) is 12.2 Å². The molecule has 2 aromatic rings. The van der Waals surface area contributed by atoms with Gasteiger partial charge in [-0.15, -0.1) is 0 Å². The molecule has 0 heterocycles. The smallest absolute Gasteiger partial charge is 0.270 e. The van der Waals surface area contributed by atoms with E-state index in [0.717, 1.165) is 3.57 Å². The summed E-state index contributed by atoms with van der Waals surface area (Å²) in [6.07, 6.45) is 0.